The number of allylic oxidation sites excluding steroid dienone is 4. The molecule has 0 spiro atoms. The Morgan fingerprint density at radius 1 is 0.525 bits per heavy atom. The fourth-order valence-electron chi connectivity index (χ4n) is 6.44. The molecule has 204 valence electrons. The van der Waals surface area contributed by atoms with Crippen LogP contribution in [-0.4, -0.2) is 0 Å². The maximum atomic E-state index is 2.43. The van der Waals surface area contributed by atoms with Crippen LogP contribution in [0.2, 0.25) is 0 Å². The zero-order valence-electron chi connectivity index (χ0n) is 24.0. The molecule has 5 rings (SSSR count). The van der Waals surface area contributed by atoms with Crippen molar-refractivity contribution in [3.8, 4) is 0 Å². The van der Waals surface area contributed by atoms with Crippen molar-refractivity contribution in [1.29, 1.82) is 0 Å². The Morgan fingerprint density at radius 2 is 0.875 bits per heavy atom. The van der Waals surface area contributed by atoms with Gasteiger partial charge in [0.1, 0.15) is 0 Å². The quantitative estimate of drug-likeness (QED) is 0.220. The van der Waals surface area contributed by atoms with Gasteiger partial charge < -0.3 is 37.2 Å². The SMILES string of the molecule is Cc1cc(C)cc(C(C2=C(c3ccccc3)[C]([Ti+3])=CC2)(c2cc(C)cc(C)c2)c2cc(C)cc(C)c2)c1.[Cl-].[Cl-].[Cl-]. The molecule has 0 amide bonds. The molecule has 40 heavy (non-hydrogen) atoms. The second kappa shape index (κ2) is 13.7. The van der Waals surface area contributed by atoms with Crippen LogP contribution in [0.4, 0.5) is 0 Å². The minimum absolute atomic E-state index is 0. The second-order valence-electron chi connectivity index (χ2n) is 10.9. The molecule has 0 unspecified atom stereocenters. The molecule has 1 aliphatic rings. The zero-order valence-corrected chi connectivity index (χ0v) is 27.8. The first-order valence-electron chi connectivity index (χ1n) is 13.2. The first-order valence-corrected chi connectivity index (χ1v) is 13.9. The van der Waals surface area contributed by atoms with Crippen molar-refractivity contribution in [1.82, 2.24) is 0 Å². The van der Waals surface area contributed by atoms with Crippen LogP contribution in [0.3, 0.4) is 0 Å². The van der Waals surface area contributed by atoms with Gasteiger partial charge in [-0.05, 0) is 0 Å². The van der Waals surface area contributed by atoms with E-state index in [1.807, 2.05) is 0 Å². The number of halogens is 3. The van der Waals surface area contributed by atoms with Gasteiger partial charge in [-0.15, -0.1) is 0 Å². The predicted octanol–water partition coefficient (Wildman–Crippen LogP) is 0.172. The summed E-state index contributed by atoms with van der Waals surface area (Å²) in [6.45, 7) is 13.4. The van der Waals surface area contributed by atoms with Gasteiger partial charge in [0.25, 0.3) is 0 Å². The molecule has 0 atom stereocenters. The Morgan fingerprint density at radius 3 is 1.23 bits per heavy atom. The van der Waals surface area contributed by atoms with E-state index >= 15 is 0 Å². The monoisotopic (exact) mass is 620 g/mol. The summed E-state index contributed by atoms with van der Waals surface area (Å²) in [6, 6.07) is 32.4. The van der Waals surface area contributed by atoms with Crippen LogP contribution in [0, 0.1) is 41.5 Å². The van der Waals surface area contributed by atoms with Crippen LogP contribution < -0.4 is 37.2 Å². The van der Waals surface area contributed by atoms with E-state index in [0.717, 1.165) is 6.42 Å². The van der Waals surface area contributed by atoms with E-state index < -0.39 is 5.41 Å². The number of hydrogen-bond acceptors (Lipinski definition) is 0. The van der Waals surface area contributed by atoms with Crippen LogP contribution in [0.5, 0.6) is 0 Å². The summed E-state index contributed by atoms with van der Waals surface area (Å²) in [7, 11) is 0. The summed E-state index contributed by atoms with van der Waals surface area (Å²) < 4.78 is 1.36. The van der Waals surface area contributed by atoms with E-state index in [4.69, 9.17) is 0 Å². The Hall–Kier alpha value is -2.06. The van der Waals surface area contributed by atoms with Crippen molar-refractivity contribution in [2.45, 2.75) is 53.4 Å². The molecule has 0 aromatic heterocycles. The Labute approximate surface area is 271 Å². The zero-order chi connectivity index (χ0) is 26.3. The van der Waals surface area contributed by atoms with Gasteiger partial charge in [0.05, 0.1) is 0 Å². The third-order valence-electron chi connectivity index (χ3n) is 7.56. The average Bonchev–Trinajstić information content (AvgIpc) is 3.20. The molecule has 1 aliphatic carbocycles. The third-order valence-corrected chi connectivity index (χ3v) is 8.27. The summed E-state index contributed by atoms with van der Waals surface area (Å²) in [5.41, 5.74) is 15.6. The molecule has 4 aromatic rings. The fourth-order valence-corrected chi connectivity index (χ4v) is 7.06. The molecule has 0 bridgehead atoms. The molecule has 4 aromatic carbocycles. The fraction of sp³-hybridized carbons (Fsp3) is 0.222. The van der Waals surface area contributed by atoms with Crippen LogP contribution in [0.15, 0.2) is 100 Å². The standard InChI is InChI=1S/C36H35.3ClH.Ti/c1-24-15-25(2)19-31(18-24)36(32-20-26(3)16-27(4)21-32,33-22-28(5)17-29(6)23-33)35-14-10-13-34(35)30-11-8-7-9-12-30;;;;/h7-12,15-23H,14H2,1-6H3;3*1H;/q;;;;+3/p-3. The van der Waals surface area contributed by atoms with E-state index in [0.29, 0.717) is 0 Å². The van der Waals surface area contributed by atoms with Gasteiger partial charge in [-0.25, -0.2) is 0 Å². The molecular weight excluding hydrogens is 587 g/mol. The van der Waals surface area contributed by atoms with Crippen molar-refractivity contribution in [3.05, 3.63) is 156 Å². The first kappa shape index (κ1) is 34.1. The first-order chi connectivity index (χ1) is 17.7. The van der Waals surface area contributed by atoms with Crippen LogP contribution in [0.1, 0.15) is 62.1 Å². The van der Waals surface area contributed by atoms with Gasteiger partial charge in [-0.3, -0.25) is 0 Å². The van der Waals surface area contributed by atoms with Crippen molar-refractivity contribution >= 4 is 5.57 Å². The van der Waals surface area contributed by atoms with Gasteiger partial charge in [0.15, 0.2) is 0 Å². The molecule has 0 heterocycles. The molecule has 0 saturated heterocycles. The Bertz CT molecular complexity index is 1380. The molecule has 0 nitrogen and oxygen atoms in total. The van der Waals surface area contributed by atoms with Gasteiger partial charge in [-0.1, -0.05) is 0 Å². The van der Waals surface area contributed by atoms with Crippen LogP contribution in [-0.2, 0) is 25.9 Å². The molecule has 0 fully saturated rings. The topological polar surface area (TPSA) is 0 Å². The molecule has 4 heteroatoms. The van der Waals surface area contributed by atoms with E-state index in [9.17, 15) is 0 Å². The normalized spacial score (nSPS) is 12.8. The van der Waals surface area contributed by atoms with E-state index in [1.54, 1.807) is 0 Å². The Balaban J connectivity index is 0.00000187. The van der Waals surface area contributed by atoms with E-state index in [-0.39, 0.29) is 37.2 Å². The number of aryl methyl sites for hydroxylation is 6. The van der Waals surface area contributed by atoms with Crippen LogP contribution >= 0.6 is 0 Å². The van der Waals surface area contributed by atoms with Crippen LogP contribution in [0.25, 0.3) is 5.57 Å². The summed E-state index contributed by atoms with van der Waals surface area (Å²) >= 11 is 2.28. The van der Waals surface area contributed by atoms with Gasteiger partial charge in [0.2, 0.25) is 0 Å². The van der Waals surface area contributed by atoms with Crippen molar-refractivity contribution in [2.24, 2.45) is 0 Å². The molecule has 0 aliphatic heterocycles. The second-order valence-corrected chi connectivity index (χ2v) is 11.8. The smallest absolute Gasteiger partial charge is 1.00 e. The maximum absolute atomic E-state index is 2.43. The maximum Gasteiger partial charge on any atom is -1.00 e. The molecule has 0 N–H and O–H groups in total. The summed E-state index contributed by atoms with van der Waals surface area (Å²) in [5, 5.41) is 0. The predicted molar refractivity (Wildman–Crippen MR) is 154 cm³/mol. The van der Waals surface area contributed by atoms with Crippen molar-refractivity contribution in [2.75, 3.05) is 0 Å². The van der Waals surface area contributed by atoms with E-state index in [1.165, 1.54) is 70.7 Å². The third kappa shape index (κ3) is 6.38. The van der Waals surface area contributed by atoms with Crippen molar-refractivity contribution < 1.29 is 57.7 Å². The molecular formula is C36H35Cl3Ti. The number of rotatable bonds is 5. The Kier molecular flexibility index (Phi) is 11.7. The largest absolute Gasteiger partial charge is 1.00 e. The number of benzene rings is 4. The summed E-state index contributed by atoms with van der Waals surface area (Å²) in [6.07, 6.45) is 3.36. The summed E-state index contributed by atoms with van der Waals surface area (Å²) in [5.74, 6) is 0. The van der Waals surface area contributed by atoms with Gasteiger partial charge in [-0.2, -0.15) is 0 Å². The molecule has 0 radical (unpaired) electrons. The van der Waals surface area contributed by atoms with Gasteiger partial charge in [0, 0.05) is 0 Å². The minimum Gasteiger partial charge on any atom is -1.00 e. The minimum atomic E-state index is -0.413. The molecule has 0 saturated carbocycles. The summed E-state index contributed by atoms with van der Waals surface area (Å²) in [4.78, 5) is 0. The van der Waals surface area contributed by atoms with E-state index in [2.05, 4.69) is 153 Å². The average molecular weight is 622 g/mol. The number of hydrogen-bond donors (Lipinski definition) is 0. The van der Waals surface area contributed by atoms with Gasteiger partial charge >= 0.3 is 235 Å². The van der Waals surface area contributed by atoms with Crippen molar-refractivity contribution in [3.63, 3.8) is 0 Å².